The highest BCUT2D eigenvalue weighted by molar-refractivity contribution is 6.35. The number of hydrogen-bond donors (Lipinski definition) is 1. The first kappa shape index (κ1) is 14.6. The Labute approximate surface area is 123 Å². The molecule has 1 aromatic carbocycles. The first-order valence-electron chi connectivity index (χ1n) is 6.54. The summed E-state index contributed by atoms with van der Waals surface area (Å²) >= 11 is 12.2. The Morgan fingerprint density at radius 2 is 2.21 bits per heavy atom. The Morgan fingerprint density at radius 3 is 2.89 bits per heavy atom. The quantitative estimate of drug-likeness (QED) is 0.933. The van der Waals surface area contributed by atoms with Crippen molar-refractivity contribution < 1.29 is 4.79 Å². The van der Waals surface area contributed by atoms with Crippen LogP contribution in [-0.2, 0) is 17.8 Å². The summed E-state index contributed by atoms with van der Waals surface area (Å²) in [5.74, 6) is 0.0125. The summed E-state index contributed by atoms with van der Waals surface area (Å²) in [6, 6.07) is 3.25. The molecule has 1 aliphatic rings. The van der Waals surface area contributed by atoms with Gasteiger partial charge in [0, 0.05) is 23.1 Å². The molecule has 104 valence electrons. The SMILES string of the molecule is CCCC(N)C(=O)N1CCc2cc(Cl)cc(Cl)c2C1. The second kappa shape index (κ2) is 6.12. The zero-order chi connectivity index (χ0) is 14.0. The van der Waals surface area contributed by atoms with Gasteiger partial charge in [-0.3, -0.25) is 4.79 Å². The van der Waals surface area contributed by atoms with Crippen molar-refractivity contribution in [3.63, 3.8) is 0 Å². The molecule has 0 saturated carbocycles. The number of carbonyl (C=O) groups excluding carboxylic acids is 1. The lowest BCUT2D eigenvalue weighted by Crippen LogP contribution is -2.45. The topological polar surface area (TPSA) is 46.3 Å². The van der Waals surface area contributed by atoms with Crippen LogP contribution in [0.2, 0.25) is 10.0 Å². The molecule has 2 N–H and O–H groups in total. The highest BCUT2D eigenvalue weighted by Crippen LogP contribution is 2.30. The van der Waals surface area contributed by atoms with Crippen LogP contribution >= 0.6 is 23.2 Å². The maximum absolute atomic E-state index is 12.2. The van der Waals surface area contributed by atoms with E-state index in [0.717, 1.165) is 30.4 Å². The van der Waals surface area contributed by atoms with E-state index in [1.807, 2.05) is 13.0 Å². The van der Waals surface area contributed by atoms with Crippen LogP contribution in [0.5, 0.6) is 0 Å². The Hall–Kier alpha value is -0.770. The molecule has 1 atom stereocenters. The molecule has 0 aromatic heterocycles. The minimum Gasteiger partial charge on any atom is -0.337 e. The summed E-state index contributed by atoms with van der Waals surface area (Å²) in [6.07, 6.45) is 2.41. The molecule has 0 radical (unpaired) electrons. The Balaban J connectivity index is 2.16. The lowest BCUT2D eigenvalue weighted by Gasteiger charge is -2.31. The van der Waals surface area contributed by atoms with Gasteiger partial charge in [-0.25, -0.2) is 0 Å². The molecule has 0 fully saturated rings. The molecule has 19 heavy (non-hydrogen) atoms. The third-order valence-electron chi connectivity index (χ3n) is 3.48. The van der Waals surface area contributed by atoms with Gasteiger partial charge in [0.05, 0.1) is 6.04 Å². The minimum atomic E-state index is -0.405. The van der Waals surface area contributed by atoms with E-state index in [1.165, 1.54) is 0 Å². The van der Waals surface area contributed by atoms with Crippen LogP contribution in [0.25, 0.3) is 0 Å². The molecule has 1 amide bonds. The smallest absolute Gasteiger partial charge is 0.239 e. The standard InChI is InChI=1S/C14H18Cl2N2O/c1-2-3-13(17)14(19)18-5-4-9-6-10(15)7-12(16)11(9)8-18/h6-7,13H,2-5,8,17H2,1H3. The van der Waals surface area contributed by atoms with E-state index in [4.69, 9.17) is 28.9 Å². The van der Waals surface area contributed by atoms with Crippen LogP contribution in [0.15, 0.2) is 12.1 Å². The van der Waals surface area contributed by atoms with E-state index in [9.17, 15) is 4.79 Å². The normalized spacial score (nSPS) is 16.1. The molecule has 1 heterocycles. The summed E-state index contributed by atoms with van der Waals surface area (Å²) in [7, 11) is 0. The van der Waals surface area contributed by atoms with Crippen LogP contribution in [0.3, 0.4) is 0 Å². The first-order chi connectivity index (χ1) is 9.02. The Kier molecular flexibility index (Phi) is 4.71. The van der Waals surface area contributed by atoms with Crippen LogP contribution in [0.4, 0.5) is 0 Å². The van der Waals surface area contributed by atoms with Crippen molar-refractivity contribution in [3.05, 3.63) is 33.3 Å². The van der Waals surface area contributed by atoms with Crippen LogP contribution in [0.1, 0.15) is 30.9 Å². The number of benzene rings is 1. The van der Waals surface area contributed by atoms with Crippen molar-refractivity contribution >= 4 is 29.1 Å². The van der Waals surface area contributed by atoms with Crippen LogP contribution in [0, 0.1) is 0 Å². The summed E-state index contributed by atoms with van der Waals surface area (Å²) < 4.78 is 0. The summed E-state index contributed by atoms with van der Waals surface area (Å²) in [6.45, 7) is 3.24. The lowest BCUT2D eigenvalue weighted by atomic mass is 9.98. The summed E-state index contributed by atoms with van der Waals surface area (Å²) in [5, 5.41) is 1.27. The van der Waals surface area contributed by atoms with E-state index in [0.29, 0.717) is 23.1 Å². The molecule has 0 bridgehead atoms. The second-order valence-corrected chi connectivity index (χ2v) is 5.77. The van der Waals surface area contributed by atoms with Crippen molar-refractivity contribution in [1.82, 2.24) is 4.90 Å². The molecule has 0 spiro atoms. The van der Waals surface area contributed by atoms with E-state index in [2.05, 4.69) is 0 Å². The Morgan fingerprint density at radius 1 is 1.47 bits per heavy atom. The molecule has 0 aliphatic carbocycles. The van der Waals surface area contributed by atoms with E-state index < -0.39 is 6.04 Å². The van der Waals surface area contributed by atoms with Gasteiger partial charge >= 0.3 is 0 Å². The third-order valence-corrected chi connectivity index (χ3v) is 4.04. The van der Waals surface area contributed by atoms with Crippen molar-refractivity contribution in [1.29, 1.82) is 0 Å². The van der Waals surface area contributed by atoms with Crippen molar-refractivity contribution in [2.75, 3.05) is 6.54 Å². The van der Waals surface area contributed by atoms with Gasteiger partial charge in [-0.05, 0) is 36.1 Å². The molecule has 2 rings (SSSR count). The summed E-state index contributed by atoms with van der Waals surface area (Å²) in [5.41, 5.74) is 8.02. The average Bonchev–Trinajstić information content (AvgIpc) is 2.37. The number of hydrogen-bond acceptors (Lipinski definition) is 2. The predicted octanol–water partition coefficient (Wildman–Crippen LogP) is 3.01. The molecule has 3 nitrogen and oxygen atoms in total. The minimum absolute atomic E-state index is 0.0125. The number of rotatable bonds is 3. The predicted molar refractivity (Wildman–Crippen MR) is 78.5 cm³/mol. The maximum atomic E-state index is 12.2. The van der Waals surface area contributed by atoms with Crippen LogP contribution in [-0.4, -0.2) is 23.4 Å². The van der Waals surface area contributed by atoms with Gasteiger partial charge in [0.15, 0.2) is 0 Å². The van der Waals surface area contributed by atoms with Gasteiger partial charge in [-0.2, -0.15) is 0 Å². The van der Waals surface area contributed by atoms with Gasteiger partial charge in [0.25, 0.3) is 0 Å². The number of amides is 1. The zero-order valence-corrected chi connectivity index (χ0v) is 12.5. The summed E-state index contributed by atoms with van der Waals surface area (Å²) in [4.78, 5) is 14.0. The van der Waals surface area contributed by atoms with Crippen LogP contribution < -0.4 is 5.73 Å². The van der Waals surface area contributed by atoms with Gasteiger partial charge in [0.2, 0.25) is 5.91 Å². The molecule has 5 heteroatoms. The molecule has 1 unspecified atom stereocenters. The fraction of sp³-hybridized carbons (Fsp3) is 0.500. The molecule has 1 aromatic rings. The van der Waals surface area contributed by atoms with E-state index in [-0.39, 0.29) is 5.91 Å². The number of fused-ring (bicyclic) bond motifs is 1. The van der Waals surface area contributed by atoms with Gasteiger partial charge in [0.1, 0.15) is 0 Å². The van der Waals surface area contributed by atoms with E-state index in [1.54, 1.807) is 11.0 Å². The van der Waals surface area contributed by atoms with Crippen molar-refractivity contribution in [3.8, 4) is 0 Å². The highest BCUT2D eigenvalue weighted by atomic mass is 35.5. The fourth-order valence-corrected chi connectivity index (χ4v) is 3.03. The number of nitrogens with two attached hydrogens (primary N) is 1. The largest absolute Gasteiger partial charge is 0.337 e. The lowest BCUT2D eigenvalue weighted by molar-refractivity contribution is -0.133. The maximum Gasteiger partial charge on any atom is 0.239 e. The first-order valence-corrected chi connectivity index (χ1v) is 7.29. The molecular formula is C14H18Cl2N2O. The molecule has 0 saturated heterocycles. The molecule has 1 aliphatic heterocycles. The second-order valence-electron chi connectivity index (χ2n) is 4.93. The zero-order valence-electron chi connectivity index (χ0n) is 11.0. The monoisotopic (exact) mass is 300 g/mol. The Bertz CT molecular complexity index is 491. The van der Waals surface area contributed by atoms with Crippen molar-refractivity contribution in [2.45, 2.75) is 38.8 Å². The van der Waals surface area contributed by atoms with Gasteiger partial charge in [-0.15, -0.1) is 0 Å². The fourth-order valence-electron chi connectivity index (χ4n) is 2.44. The van der Waals surface area contributed by atoms with E-state index >= 15 is 0 Å². The number of halogens is 2. The number of nitrogens with zero attached hydrogens (tertiary/aromatic N) is 1. The van der Waals surface area contributed by atoms with Gasteiger partial charge in [-0.1, -0.05) is 36.5 Å². The average molecular weight is 301 g/mol. The number of carbonyl (C=O) groups is 1. The van der Waals surface area contributed by atoms with Gasteiger partial charge < -0.3 is 10.6 Å². The van der Waals surface area contributed by atoms with Crippen molar-refractivity contribution in [2.24, 2.45) is 5.73 Å². The third kappa shape index (κ3) is 3.22. The highest BCUT2D eigenvalue weighted by Gasteiger charge is 2.26. The molecular weight excluding hydrogens is 283 g/mol.